The molecule has 5 aliphatic carbocycles. The minimum absolute atomic E-state index is 0.0987. The first-order valence-electron chi connectivity index (χ1n) is 10.8. The third-order valence-corrected chi connectivity index (χ3v) is 9.44. The normalized spacial score (nSPS) is 53.5. The van der Waals surface area contributed by atoms with Crippen LogP contribution in [-0.2, 0) is 9.53 Å². The Morgan fingerprint density at radius 1 is 1.19 bits per heavy atom. The zero-order valence-corrected chi connectivity index (χ0v) is 15.7. The van der Waals surface area contributed by atoms with Crippen LogP contribution in [-0.4, -0.2) is 17.3 Å². The zero-order chi connectivity index (χ0) is 17.7. The van der Waals surface area contributed by atoms with Crippen LogP contribution in [0.1, 0.15) is 58.3 Å². The predicted octanol–water partition coefficient (Wildman–Crippen LogP) is 2.86. The van der Waals surface area contributed by atoms with E-state index in [1.54, 1.807) is 11.6 Å². The van der Waals surface area contributed by atoms with Crippen LogP contribution in [0.15, 0.2) is 23.8 Å². The number of esters is 1. The fraction of sp³-hybridized carbons (Fsp3) is 0.739. The topological polar surface area (TPSA) is 51.9 Å². The van der Waals surface area contributed by atoms with Crippen molar-refractivity contribution in [1.29, 1.82) is 0 Å². The Bertz CT molecular complexity index is 766. The van der Waals surface area contributed by atoms with E-state index in [2.05, 4.69) is 19.1 Å². The summed E-state index contributed by atoms with van der Waals surface area (Å²) in [6, 6.07) is 0. The lowest BCUT2D eigenvalue weighted by Gasteiger charge is -2.58. The van der Waals surface area contributed by atoms with Gasteiger partial charge < -0.3 is 4.74 Å². The molecule has 138 valence electrons. The van der Waals surface area contributed by atoms with E-state index in [0.717, 1.165) is 48.1 Å². The fourth-order valence-electron chi connectivity index (χ4n) is 8.62. The molecule has 6 aliphatic rings. The number of allylic oxidation sites excluding steroid dienone is 2. The van der Waals surface area contributed by atoms with Crippen LogP contribution in [0.25, 0.3) is 0 Å². The number of rotatable bonds is 1. The van der Waals surface area contributed by atoms with Gasteiger partial charge in [0.25, 0.3) is 0 Å². The molecule has 2 N–H and O–H groups in total. The minimum Gasteiger partial charge on any atom is -0.451 e. The van der Waals surface area contributed by atoms with Gasteiger partial charge in [0.2, 0.25) is 0 Å². The van der Waals surface area contributed by atoms with Gasteiger partial charge in [-0.3, -0.25) is 5.41 Å². The van der Waals surface area contributed by atoms with Crippen molar-refractivity contribution in [1.82, 2.24) is 0 Å². The van der Waals surface area contributed by atoms with Crippen molar-refractivity contribution in [3.05, 3.63) is 23.8 Å². The summed E-state index contributed by atoms with van der Waals surface area (Å²) >= 11 is 0. The molecule has 0 radical (unpaired) electrons. The van der Waals surface area contributed by atoms with Crippen molar-refractivity contribution in [3.63, 3.8) is 0 Å². The molecule has 8 atom stereocenters. The van der Waals surface area contributed by atoms with Crippen molar-refractivity contribution in [2.24, 2.45) is 40.9 Å². The molecule has 4 saturated carbocycles. The third-order valence-electron chi connectivity index (χ3n) is 9.44. The number of carbonyl (C=O) groups is 1. The number of nitrogens with two attached hydrogens (primary N) is 1. The summed E-state index contributed by atoms with van der Waals surface area (Å²) in [7, 11) is 0. The second kappa shape index (κ2) is 4.91. The highest BCUT2D eigenvalue weighted by molar-refractivity contribution is 5.91. The van der Waals surface area contributed by atoms with E-state index in [-0.39, 0.29) is 17.0 Å². The molecule has 1 heterocycles. The highest BCUT2D eigenvalue weighted by Gasteiger charge is 2.78. The molecule has 4 fully saturated rings. The molecule has 0 aromatic carbocycles. The van der Waals surface area contributed by atoms with Gasteiger partial charge in [-0.05, 0) is 80.6 Å². The van der Waals surface area contributed by atoms with Gasteiger partial charge in [0, 0.05) is 29.9 Å². The number of carbonyl (C=O) groups excluding carboxylic acids is 1. The van der Waals surface area contributed by atoms with Gasteiger partial charge >= 0.3 is 5.97 Å². The Hall–Kier alpha value is -1.38. The highest BCUT2D eigenvalue weighted by Crippen LogP contribution is 2.78. The van der Waals surface area contributed by atoms with E-state index < -0.39 is 0 Å². The number of ether oxygens (including phenoxy) is 1. The van der Waals surface area contributed by atoms with E-state index in [9.17, 15) is 4.79 Å². The monoisotopic (exact) mass is 352 g/mol. The number of hydrogen-bond acceptors (Lipinski definition) is 2. The van der Waals surface area contributed by atoms with Crippen molar-refractivity contribution >= 4 is 11.7 Å². The van der Waals surface area contributed by atoms with Gasteiger partial charge in [0.1, 0.15) is 5.60 Å². The second-order valence-electron chi connectivity index (χ2n) is 9.93. The molecule has 0 aromatic rings. The molecule has 0 bridgehead atoms. The Morgan fingerprint density at radius 3 is 2.85 bits per heavy atom. The summed E-state index contributed by atoms with van der Waals surface area (Å²) < 4.78 is 6.15. The van der Waals surface area contributed by atoms with Gasteiger partial charge in [-0.25, -0.2) is 4.79 Å². The maximum atomic E-state index is 12.1. The molecule has 6 rings (SSSR count). The maximum Gasteiger partial charge on any atom is 0.331 e. The van der Waals surface area contributed by atoms with Crippen LogP contribution in [0, 0.1) is 40.9 Å². The summed E-state index contributed by atoms with van der Waals surface area (Å²) in [5.74, 6) is 4.49. The van der Waals surface area contributed by atoms with Crippen molar-refractivity contribution in [2.45, 2.75) is 63.9 Å². The van der Waals surface area contributed by atoms with Crippen LogP contribution < -0.4 is 5.41 Å². The van der Waals surface area contributed by atoms with Crippen LogP contribution in [0.4, 0.5) is 0 Å². The lowest BCUT2D eigenvalue weighted by molar-refractivity contribution is -0.171. The molecule has 0 saturated heterocycles. The Labute approximate surface area is 155 Å². The zero-order valence-electron chi connectivity index (χ0n) is 15.7. The van der Waals surface area contributed by atoms with E-state index >= 15 is 0 Å². The van der Waals surface area contributed by atoms with Crippen LogP contribution in [0.2, 0.25) is 0 Å². The Kier molecular flexibility index (Phi) is 2.96. The summed E-state index contributed by atoms with van der Waals surface area (Å²) in [5.41, 5.74) is 2.68. The molecular formula is C23H30NO2+. The molecule has 3 nitrogen and oxygen atoms in total. The van der Waals surface area contributed by atoms with Gasteiger partial charge in [0.15, 0.2) is 5.71 Å². The fourth-order valence-corrected chi connectivity index (χ4v) is 8.62. The smallest absolute Gasteiger partial charge is 0.331 e. The van der Waals surface area contributed by atoms with E-state index in [4.69, 9.17) is 10.1 Å². The molecule has 3 heteroatoms. The lowest BCUT2D eigenvalue weighted by atomic mass is 9.48. The molecule has 26 heavy (non-hydrogen) atoms. The first-order valence-corrected chi connectivity index (χ1v) is 10.8. The Balaban J connectivity index is 1.40. The summed E-state index contributed by atoms with van der Waals surface area (Å²) in [5, 5.41) is 6.14. The average molecular weight is 352 g/mol. The van der Waals surface area contributed by atoms with Gasteiger partial charge in [-0.1, -0.05) is 12.5 Å². The van der Waals surface area contributed by atoms with E-state index in [1.165, 1.54) is 38.5 Å². The number of hydrogen-bond donors (Lipinski definition) is 1. The third kappa shape index (κ3) is 1.67. The minimum atomic E-state index is -0.264. The van der Waals surface area contributed by atoms with Crippen molar-refractivity contribution < 1.29 is 14.9 Å². The summed E-state index contributed by atoms with van der Waals surface area (Å²) in [6.07, 6.45) is 16.1. The van der Waals surface area contributed by atoms with E-state index in [1.807, 2.05) is 0 Å². The SMILES string of the molecule is CC[C@]12CCC3C4CCC(=[NH2+])C=C4CCC3C1C1CC1C21C=CC(=O)O1. The van der Waals surface area contributed by atoms with Crippen LogP contribution in [0.5, 0.6) is 0 Å². The highest BCUT2D eigenvalue weighted by atomic mass is 16.6. The van der Waals surface area contributed by atoms with Crippen molar-refractivity contribution in [3.8, 4) is 0 Å². The average Bonchev–Trinajstić information content (AvgIpc) is 3.29. The van der Waals surface area contributed by atoms with Crippen LogP contribution >= 0.6 is 0 Å². The van der Waals surface area contributed by atoms with Crippen molar-refractivity contribution in [2.75, 3.05) is 0 Å². The maximum absolute atomic E-state index is 12.1. The summed E-state index contributed by atoms with van der Waals surface area (Å²) in [6.45, 7) is 2.35. The standard InChI is InChI=1S/C23H29NO2/c1-2-22-9-7-16-15-6-4-14(24)11-13(15)3-5-17(16)21(22)18-12-19(18)23(22)10-8-20(25)26-23/h8,10-11,15-19,21,24H,2-7,9,12H2,1H3/p+1/t15?,16?,17?,18?,19?,21?,22-,23?/m0/s1. The summed E-state index contributed by atoms with van der Waals surface area (Å²) in [4.78, 5) is 12.1. The molecule has 7 unspecified atom stereocenters. The van der Waals surface area contributed by atoms with Crippen LogP contribution in [0.3, 0.4) is 0 Å². The lowest BCUT2D eigenvalue weighted by Crippen LogP contribution is -2.56. The number of fused-ring (bicyclic) bond motifs is 9. The largest absolute Gasteiger partial charge is 0.451 e. The Morgan fingerprint density at radius 2 is 2.08 bits per heavy atom. The molecule has 0 aromatic heterocycles. The van der Waals surface area contributed by atoms with E-state index in [0.29, 0.717) is 5.92 Å². The predicted molar refractivity (Wildman–Crippen MR) is 99.0 cm³/mol. The molecule has 0 amide bonds. The molecule has 1 spiro atoms. The first-order chi connectivity index (χ1) is 12.6. The second-order valence-corrected chi connectivity index (χ2v) is 9.93. The van der Waals surface area contributed by atoms with Gasteiger partial charge in [-0.15, -0.1) is 0 Å². The first kappa shape index (κ1) is 15.7. The quantitative estimate of drug-likeness (QED) is 0.738. The molecule has 1 aliphatic heterocycles. The molecular weight excluding hydrogens is 322 g/mol. The van der Waals surface area contributed by atoms with Gasteiger partial charge in [-0.2, -0.15) is 0 Å². The van der Waals surface area contributed by atoms with Gasteiger partial charge in [0.05, 0.1) is 0 Å².